The van der Waals surface area contributed by atoms with Gasteiger partial charge in [0.1, 0.15) is 10.3 Å². The van der Waals surface area contributed by atoms with E-state index in [1.165, 1.54) is 11.8 Å². The molecular weight excluding hydrogens is 220 g/mol. The van der Waals surface area contributed by atoms with Crippen LogP contribution in [0.4, 0.5) is 0 Å². The number of nitrogens with zero attached hydrogens (tertiary/aromatic N) is 2. The fraction of sp³-hybridized carbons (Fsp3) is 0.222. The van der Waals surface area contributed by atoms with Gasteiger partial charge in [0.2, 0.25) is 5.24 Å². The first-order valence-electron chi connectivity index (χ1n) is 4.08. The second-order valence-electron chi connectivity index (χ2n) is 2.80. The van der Waals surface area contributed by atoms with Crippen molar-refractivity contribution in [3.05, 3.63) is 30.1 Å². The lowest BCUT2D eigenvalue weighted by atomic mass is 10.3. The zero-order chi connectivity index (χ0) is 9.97. The lowest BCUT2D eigenvalue weighted by molar-refractivity contribution is -0.111. The van der Waals surface area contributed by atoms with Gasteiger partial charge in [-0.05, 0) is 23.7 Å². The predicted octanol–water partition coefficient (Wildman–Crippen LogP) is 1.71. The molecule has 0 aliphatic carbocycles. The molecule has 0 radical (unpaired) electrons. The number of aromatic nitrogens is 1. The van der Waals surface area contributed by atoms with Gasteiger partial charge in [0.05, 0.1) is 6.54 Å². The molecule has 1 aromatic rings. The Labute approximate surface area is 90.6 Å². The summed E-state index contributed by atoms with van der Waals surface area (Å²) in [5, 5.41) is 0.279. The van der Waals surface area contributed by atoms with Gasteiger partial charge in [-0.1, -0.05) is 11.8 Å². The van der Waals surface area contributed by atoms with Gasteiger partial charge in [0.25, 0.3) is 0 Å². The first kappa shape index (κ1) is 9.68. The van der Waals surface area contributed by atoms with Crippen LogP contribution in [-0.2, 0) is 4.79 Å². The third-order valence-corrected chi connectivity index (χ3v) is 3.44. The first-order chi connectivity index (χ1) is 6.77. The predicted molar refractivity (Wildman–Crippen MR) is 57.9 cm³/mol. The molecule has 0 spiro atoms. The van der Waals surface area contributed by atoms with E-state index in [0.717, 1.165) is 10.6 Å². The summed E-state index contributed by atoms with van der Waals surface area (Å²) in [6.07, 6.45) is 3.43. The largest absolute Gasteiger partial charge is 0.280 e. The maximum atomic E-state index is 10.9. The lowest BCUT2D eigenvalue weighted by Crippen LogP contribution is -2.11. The first-order valence-corrected chi connectivity index (χ1v) is 5.34. The molecular formula is C9H7ClN2OS. The maximum Gasteiger partial charge on any atom is 0.236 e. The Morgan fingerprint density at radius 1 is 1.64 bits per heavy atom. The standard InChI is InChI=1S/C9H7ClN2OS/c10-8(13)7-5-12-9(14-7)6-2-1-3-11-4-6/h1-4,7H,5H2. The van der Waals surface area contributed by atoms with Crippen molar-refractivity contribution in [2.45, 2.75) is 5.25 Å². The maximum absolute atomic E-state index is 10.9. The van der Waals surface area contributed by atoms with E-state index in [4.69, 9.17) is 11.6 Å². The summed E-state index contributed by atoms with van der Waals surface area (Å²) in [7, 11) is 0. The highest BCUT2D eigenvalue weighted by molar-refractivity contribution is 8.16. The van der Waals surface area contributed by atoms with Gasteiger partial charge in [-0.3, -0.25) is 14.8 Å². The fourth-order valence-electron chi connectivity index (χ4n) is 1.14. The molecule has 0 N–H and O–H groups in total. The minimum Gasteiger partial charge on any atom is -0.280 e. The molecule has 1 unspecified atom stereocenters. The summed E-state index contributed by atoms with van der Waals surface area (Å²) in [5.41, 5.74) is 0.943. The molecule has 0 saturated carbocycles. The van der Waals surface area contributed by atoms with Gasteiger partial charge in [-0.15, -0.1) is 0 Å². The average Bonchev–Trinajstić information content (AvgIpc) is 2.68. The van der Waals surface area contributed by atoms with Crippen LogP contribution in [-0.4, -0.2) is 27.1 Å². The van der Waals surface area contributed by atoms with Crippen molar-refractivity contribution in [2.75, 3.05) is 6.54 Å². The van der Waals surface area contributed by atoms with Gasteiger partial charge in [-0.25, -0.2) is 0 Å². The summed E-state index contributed by atoms with van der Waals surface area (Å²) in [5.74, 6) is 0. The number of carbonyl (C=O) groups excluding carboxylic acids is 1. The zero-order valence-electron chi connectivity index (χ0n) is 7.18. The molecule has 0 fully saturated rings. The van der Waals surface area contributed by atoms with Crippen LogP contribution in [0, 0.1) is 0 Å². The topological polar surface area (TPSA) is 42.3 Å². The molecule has 0 amide bonds. The smallest absolute Gasteiger partial charge is 0.236 e. The summed E-state index contributed by atoms with van der Waals surface area (Å²) in [6, 6.07) is 3.76. The number of rotatable bonds is 2. The number of halogens is 1. The molecule has 1 atom stereocenters. The third kappa shape index (κ3) is 1.96. The number of thioether (sulfide) groups is 1. The number of carbonyl (C=O) groups is 1. The van der Waals surface area contributed by atoms with Gasteiger partial charge < -0.3 is 0 Å². The summed E-state index contributed by atoms with van der Waals surface area (Å²) in [6.45, 7) is 0.469. The highest BCUT2D eigenvalue weighted by Gasteiger charge is 2.25. The normalized spacial score (nSPS) is 20.6. The summed E-state index contributed by atoms with van der Waals surface area (Å²) >= 11 is 6.79. The number of hydrogen-bond acceptors (Lipinski definition) is 4. The fourth-order valence-corrected chi connectivity index (χ4v) is 2.26. The van der Waals surface area contributed by atoms with Crippen LogP contribution in [0.1, 0.15) is 5.56 Å². The molecule has 72 valence electrons. The van der Waals surface area contributed by atoms with E-state index in [9.17, 15) is 4.79 Å². The van der Waals surface area contributed by atoms with E-state index in [-0.39, 0.29) is 10.5 Å². The van der Waals surface area contributed by atoms with Crippen LogP contribution in [0.25, 0.3) is 0 Å². The minimum atomic E-state index is -0.336. The molecule has 0 aromatic carbocycles. The van der Waals surface area contributed by atoms with E-state index in [1.54, 1.807) is 12.4 Å². The summed E-state index contributed by atoms with van der Waals surface area (Å²) < 4.78 is 0. The average molecular weight is 227 g/mol. The highest BCUT2D eigenvalue weighted by atomic mass is 35.5. The van der Waals surface area contributed by atoms with Gasteiger partial charge in [-0.2, -0.15) is 0 Å². The Balaban J connectivity index is 2.13. The van der Waals surface area contributed by atoms with E-state index in [2.05, 4.69) is 9.98 Å². The van der Waals surface area contributed by atoms with E-state index in [0.29, 0.717) is 6.54 Å². The minimum absolute atomic E-state index is 0.230. The van der Waals surface area contributed by atoms with E-state index < -0.39 is 0 Å². The molecule has 2 heterocycles. The Morgan fingerprint density at radius 2 is 2.50 bits per heavy atom. The van der Waals surface area contributed by atoms with Crippen molar-refractivity contribution in [3.63, 3.8) is 0 Å². The van der Waals surface area contributed by atoms with Crippen molar-refractivity contribution in [3.8, 4) is 0 Å². The molecule has 1 aliphatic rings. The van der Waals surface area contributed by atoms with Crippen LogP contribution < -0.4 is 0 Å². The summed E-state index contributed by atoms with van der Waals surface area (Å²) in [4.78, 5) is 19.1. The molecule has 14 heavy (non-hydrogen) atoms. The van der Waals surface area contributed by atoms with Crippen molar-refractivity contribution < 1.29 is 4.79 Å². The van der Waals surface area contributed by atoms with Crippen molar-refractivity contribution in [1.29, 1.82) is 0 Å². The molecule has 0 saturated heterocycles. The van der Waals surface area contributed by atoms with Crippen molar-refractivity contribution in [1.82, 2.24) is 4.98 Å². The number of pyridine rings is 1. The molecule has 1 aromatic heterocycles. The molecule has 3 nitrogen and oxygen atoms in total. The number of aliphatic imine (C=N–C) groups is 1. The van der Waals surface area contributed by atoms with Crippen LogP contribution >= 0.6 is 23.4 Å². The van der Waals surface area contributed by atoms with Crippen LogP contribution in [0.3, 0.4) is 0 Å². The lowest BCUT2D eigenvalue weighted by Gasteiger charge is -2.00. The van der Waals surface area contributed by atoms with Gasteiger partial charge in [0, 0.05) is 18.0 Å². The second-order valence-corrected chi connectivity index (χ2v) is 4.36. The molecule has 1 aliphatic heterocycles. The van der Waals surface area contributed by atoms with Crippen molar-refractivity contribution >= 4 is 33.6 Å². The zero-order valence-corrected chi connectivity index (χ0v) is 8.76. The van der Waals surface area contributed by atoms with Gasteiger partial charge >= 0.3 is 0 Å². The quantitative estimate of drug-likeness (QED) is 0.721. The SMILES string of the molecule is O=C(Cl)C1CN=C(c2cccnc2)S1. The van der Waals surface area contributed by atoms with Crippen LogP contribution in [0.2, 0.25) is 0 Å². The Morgan fingerprint density at radius 3 is 3.07 bits per heavy atom. The van der Waals surface area contributed by atoms with Gasteiger partial charge in [0.15, 0.2) is 0 Å². The molecule has 2 rings (SSSR count). The number of hydrogen-bond donors (Lipinski definition) is 0. The Kier molecular flexibility index (Phi) is 2.84. The highest BCUT2D eigenvalue weighted by Crippen LogP contribution is 2.26. The van der Waals surface area contributed by atoms with Crippen LogP contribution in [0.5, 0.6) is 0 Å². The van der Waals surface area contributed by atoms with Crippen molar-refractivity contribution in [2.24, 2.45) is 4.99 Å². The monoisotopic (exact) mass is 226 g/mol. The third-order valence-electron chi connectivity index (χ3n) is 1.82. The molecule has 5 heteroatoms. The second kappa shape index (κ2) is 4.11. The Hall–Kier alpha value is -0.870. The molecule has 0 bridgehead atoms. The van der Waals surface area contributed by atoms with E-state index in [1.807, 2.05) is 12.1 Å². The Bertz CT molecular complexity index is 380. The van der Waals surface area contributed by atoms with E-state index >= 15 is 0 Å². The van der Waals surface area contributed by atoms with Crippen LogP contribution in [0.15, 0.2) is 29.5 Å².